The van der Waals surface area contributed by atoms with Crippen molar-refractivity contribution in [3.8, 4) is 0 Å². The van der Waals surface area contributed by atoms with Crippen LogP contribution in [0.1, 0.15) is 55.9 Å². The molecule has 192 valence electrons. The van der Waals surface area contributed by atoms with Crippen LogP contribution in [0.25, 0.3) is 0 Å². The van der Waals surface area contributed by atoms with Gasteiger partial charge in [-0.15, -0.1) is 0 Å². The summed E-state index contributed by atoms with van der Waals surface area (Å²) in [4.78, 5) is 28.4. The van der Waals surface area contributed by atoms with Crippen molar-refractivity contribution in [1.82, 2.24) is 10.2 Å². The van der Waals surface area contributed by atoms with Gasteiger partial charge in [0.1, 0.15) is 12.6 Å². The fourth-order valence-corrected chi connectivity index (χ4v) is 4.75. The summed E-state index contributed by atoms with van der Waals surface area (Å²) in [7, 11) is -3.75. The molecule has 2 aromatic carbocycles. The van der Waals surface area contributed by atoms with Gasteiger partial charge in [-0.25, -0.2) is 8.42 Å². The van der Waals surface area contributed by atoms with Crippen molar-refractivity contribution in [3.63, 3.8) is 0 Å². The Labute approximate surface area is 210 Å². The smallest absolute Gasteiger partial charge is 0.244 e. The van der Waals surface area contributed by atoms with Crippen LogP contribution >= 0.6 is 0 Å². The monoisotopic (exact) mass is 501 g/mol. The lowest BCUT2D eigenvalue weighted by Crippen LogP contribution is -2.53. The predicted molar refractivity (Wildman–Crippen MR) is 142 cm³/mol. The molecule has 2 amide bonds. The summed E-state index contributed by atoms with van der Waals surface area (Å²) in [6.07, 6.45) is 2.27. The first-order valence-corrected chi connectivity index (χ1v) is 13.9. The second-order valence-corrected chi connectivity index (χ2v) is 11.1. The summed E-state index contributed by atoms with van der Waals surface area (Å²) in [5, 5.41) is 2.98. The molecule has 0 unspecified atom stereocenters. The minimum atomic E-state index is -3.75. The Morgan fingerprint density at radius 3 is 2.14 bits per heavy atom. The van der Waals surface area contributed by atoms with Crippen molar-refractivity contribution in [2.24, 2.45) is 0 Å². The van der Waals surface area contributed by atoms with Gasteiger partial charge in [-0.1, -0.05) is 55.8 Å². The van der Waals surface area contributed by atoms with Crippen LogP contribution in [-0.4, -0.2) is 50.0 Å². The maximum atomic E-state index is 13.7. The fourth-order valence-electron chi connectivity index (χ4n) is 3.85. The van der Waals surface area contributed by atoms with Gasteiger partial charge in [-0.2, -0.15) is 0 Å². The molecule has 0 aliphatic rings. The molecule has 2 atom stereocenters. The first kappa shape index (κ1) is 28.4. The molecule has 2 aromatic rings. The van der Waals surface area contributed by atoms with Gasteiger partial charge in [0, 0.05) is 12.6 Å². The number of anilines is 1. The third kappa shape index (κ3) is 7.56. The highest BCUT2D eigenvalue weighted by Crippen LogP contribution is 2.25. The highest BCUT2D eigenvalue weighted by Gasteiger charge is 2.32. The Bertz CT molecular complexity index is 1130. The van der Waals surface area contributed by atoms with E-state index in [0.29, 0.717) is 12.1 Å². The molecule has 0 radical (unpaired) electrons. The lowest BCUT2D eigenvalue weighted by Gasteiger charge is -2.33. The molecule has 0 saturated carbocycles. The van der Waals surface area contributed by atoms with Crippen molar-refractivity contribution in [3.05, 3.63) is 64.7 Å². The van der Waals surface area contributed by atoms with E-state index < -0.39 is 22.0 Å². The van der Waals surface area contributed by atoms with Crippen LogP contribution < -0.4 is 9.62 Å². The number of carbonyl (C=O) groups is 2. The normalized spacial score (nSPS) is 13.1. The van der Waals surface area contributed by atoms with Crippen LogP contribution in [0.3, 0.4) is 0 Å². The number of amides is 2. The number of hydrogen-bond acceptors (Lipinski definition) is 4. The molecule has 0 aliphatic carbocycles. The largest absolute Gasteiger partial charge is 0.352 e. The summed E-state index contributed by atoms with van der Waals surface area (Å²) < 4.78 is 26.7. The second-order valence-electron chi connectivity index (χ2n) is 9.24. The summed E-state index contributed by atoms with van der Waals surface area (Å²) in [6.45, 7) is 11.3. The maximum absolute atomic E-state index is 13.7. The molecule has 0 heterocycles. The number of sulfonamides is 1. The average molecular weight is 502 g/mol. The summed E-state index contributed by atoms with van der Waals surface area (Å²) in [6, 6.07) is 12.4. The van der Waals surface area contributed by atoms with E-state index in [1.165, 1.54) is 4.90 Å². The number of carbonyl (C=O) groups excluding carboxylic acids is 2. The third-order valence-electron chi connectivity index (χ3n) is 6.38. The number of nitrogens with one attached hydrogen (secondary N) is 1. The summed E-state index contributed by atoms with van der Waals surface area (Å²) in [5.74, 6) is -0.664. The van der Waals surface area contributed by atoms with Gasteiger partial charge in [0.25, 0.3) is 0 Å². The van der Waals surface area contributed by atoms with Crippen molar-refractivity contribution in [1.29, 1.82) is 0 Å². The Kier molecular flexibility index (Phi) is 9.89. The Balaban J connectivity index is 2.47. The minimum Gasteiger partial charge on any atom is -0.352 e. The zero-order valence-corrected chi connectivity index (χ0v) is 22.8. The molecule has 0 fully saturated rings. The molecule has 0 bridgehead atoms. The molecule has 0 aliphatic heterocycles. The molecule has 2 rings (SSSR count). The molecule has 0 spiro atoms. The quantitative estimate of drug-likeness (QED) is 0.502. The van der Waals surface area contributed by atoms with Gasteiger partial charge in [0.15, 0.2) is 0 Å². The topological polar surface area (TPSA) is 86.8 Å². The van der Waals surface area contributed by atoms with Gasteiger partial charge in [-0.3, -0.25) is 13.9 Å². The van der Waals surface area contributed by atoms with Gasteiger partial charge in [0.2, 0.25) is 21.8 Å². The van der Waals surface area contributed by atoms with Crippen LogP contribution in [0.2, 0.25) is 0 Å². The predicted octanol–water partition coefficient (Wildman–Crippen LogP) is 4.10. The van der Waals surface area contributed by atoms with Gasteiger partial charge in [0.05, 0.1) is 11.9 Å². The number of rotatable bonds is 11. The molecule has 0 saturated heterocycles. The lowest BCUT2D eigenvalue weighted by molar-refractivity contribution is -0.140. The van der Waals surface area contributed by atoms with Gasteiger partial charge < -0.3 is 10.2 Å². The van der Waals surface area contributed by atoms with Crippen molar-refractivity contribution >= 4 is 27.5 Å². The van der Waals surface area contributed by atoms with E-state index in [-0.39, 0.29) is 25.0 Å². The molecule has 8 heteroatoms. The zero-order chi connectivity index (χ0) is 26.3. The first-order valence-electron chi connectivity index (χ1n) is 12.1. The van der Waals surface area contributed by atoms with E-state index in [1.54, 1.807) is 12.1 Å². The number of hydrogen-bond donors (Lipinski definition) is 1. The Morgan fingerprint density at radius 1 is 0.971 bits per heavy atom. The number of nitrogens with zero attached hydrogens (tertiary/aromatic N) is 2. The standard InChI is InChI=1S/C27H39N3O4S/c1-8-21(5)28-27(32)24(9-2)29(17-23-15-13-19(3)14-16-23)26(31)18-30(35(7,33)34)25-12-10-11-20(4)22(25)6/h10-16,21,24H,8-9,17-18H2,1-7H3,(H,28,32)/t21-,24+/m0/s1. The van der Waals surface area contributed by atoms with Crippen molar-refractivity contribution < 1.29 is 18.0 Å². The molecule has 7 nitrogen and oxygen atoms in total. The molecular weight excluding hydrogens is 462 g/mol. The van der Waals surface area contributed by atoms with Crippen LogP contribution in [0.15, 0.2) is 42.5 Å². The SMILES string of the molecule is CC[C@H](C(=O)N[C@@H](C)CC)N(Cc1ccc(C)cc1)C(=O)CN(c1cccc(C)c1C)S(C)(=O)=O. The van der Waals surface area contributed by atoms with E-state index in [2.05, 4.69) is 5.32 Å². The zero-order valence-electron chi connectivity index (χ0n) is 22.0. The lowest BCUT2D eigenvalue weighted by atomic mass is 10.1. The van der Waals surface area contributed by atoms with Crippen LogP contribution in [0, 0.1) is 20.8 Å². The second kappa shape index (κ2) is 12.2. The number of benzene rings is 2. The van der Waals surface area contributed by atoms with Crippen LogP contribution in [0.5, 0.6) is 0 Å². The average Bonchev–Trinajstić information content (AvgIpc) is 2.79. The van der Waals surface area contributed by atoms with Crippen LogP contribution in [-0.2, 0) is 26.2 Å². The highest BCUT2D eigenvalue weighted by molar-refractivity contribution is 7.92. The molecule has 35 heavy (non-hydrogen) atoms. The molecule has 0 aromatic heterocycles. The first-order chi connectivity index (χ1) is 16.4. The Morgan fingerprint density at radius 2 is 1.60 bits per heavy atom. The number of aryl methyl sites for hydroxylation is 2. The van der Waals surface area contributed by atoms with Crippen LogP contribution in [0.4, 0.5) is 5.69 Å². The van der Waals surface area contributed by atoms with Crippen molar-refractivity contribution in [2.75, 3.05) is 17.1 Å². The summed E-state index contributed by atoms with van der Waals surface area (Å²) >= 11 is 0. The third-order valence-corrected chi connectivity index (χ3v) is 7.51. The van der Waals surface area contributed by atoms with Gasteiger partial charge >= 0.3 is 0 Å². The van der Waals surface area contributed by atoms with E-state index >= 15 is 0 Å². The molecule has 1 N–H and O–H groups in total. The molecular formula is C27H39N3O4S. The van der Waals surface area contributed by atoms with E-state index in [1.807, 2.05) is 71.9 Å². The highest BCUT2D eigenvalue weighted by atomic mass is 32.2. The fraction of sp³-hybridized carbons (Fsp3) is 0.481. The van der Waals surface area contributed by atoms with E-state index in [9.17, 15) is 18.0 Å². The van der Waals surface area contributed by atoms with Crippen molar-refractivity contribution in [2.45, 2.75) is 73.0 Å². The maximum Gasteiger partial charge on any atom is 0.244 e. The summed E-state index contributed by atoms with van der Waals surface area (Å²) in [5.41, 5.74) is 4.15. The van der Waals surface area contributed by atoms with E-state index in [0.717, 1.165) is 39.2 Å². The minimum absolute atomic E-state index is 0.0321. The van der Waals surface area contributed by atoms with E-state index in [4.69, 9.17) is 0 Å². The van der Waals surface area contributed by atoms with Gasteiger partial charge in [-0.05, 0) is 63.3 Å². The Hall–Kier alpha value is -2.87.